The van der Waals surface area contributed by atoms with Crippen LogP contribution in [0.1, 0.15) is 26.2 Å². The monoisotopic (exact) mass is 246 g/mol. The van der Waals surface area contributed by atoms with Crippen LogP contribution in [-0.2, 0) is 14.3 Å². The van der Waals surface area contributed by atoms with E-state index < -0.39 is 15.7 Å². The van der Waals surface area contributed by atoms with Gasteiger partial charge in [0.2, 0.25) is 0 Å². The molecule has 0 fully saturated rings. The van der Waals surface area contributed by atoms with Crippen molar-refractivity contribution in [2.24, 2.45) is 0 Å². The van der Waals surface area contributed by atoms with Crippen molar-refractivity contribution in [2.45, 2.75) is 30.0 Å². The molecule has 0 spiro atoms. The highest BCUT2D eigenvalue weighted by Gasteiger charge is 2.34. The average Bonchev–Trinajstić information content (AvgIpc) is 1.99. The smallest absolute Gasteiger partial charge is 0.366 e. The first-order valence-electron chi connectivity index (χ1n) is 3.69. The first-order valence-corrected chi connectivity index (χ1v) is 4.83. The second-order valence-corrected chi connectivity index (χ2v) is 4.64. The van der Waals surface area contributed by atoms with Crippen molar-refractivity contribution in [3.63, 3.8) is 0 Å². The lowest BCUT2D eigenvalue weighted by molar-refractivity contribution is -0.159. The predicted octanol–water partition coefficient (Wildman–Crippen LogP) is 2.62. The van der Waals surface area contributed by atoms with Gasteiger partial charge in [-0.15, -0.1) is 0 Å². The van der Waals surface area contributed by atoms with Crippen LogP contribution in [0.2, 0.25) is 0 Å². The van der Waals surface area contributed by atoms with Gasteiger partial charge in [0.05, 0.1) is 0 Å². The average molecular weight is 248 g/mol. The van der Waals surface area contributed by atoms with Crippen LogP contribution in [0.15, 0.2) is 0 Å². The molecular formula is C7H9Cl3O3. The fourth-order valence-electron chi connectivity index (χ4n) is 0.533. The summed E-state index contributed by atoms with van der Waals surface area (Å²) in [6.45, 7) is 1.91. The zero-order valence-corrected chi connectivity index (χ0v) is 9.25. The second-order valence-electron chi connectivity index (χ2n) is 2.36. The third-order valence-corrected chi connectivity index (χ3v) is 1.64. The summed E-state index contributed by atoms with van der Waals surface area (Å²) in [5.74, 6) is -1.82. The molecule has 0 atom stereocenters. The maximum Gasteiger partial charge on any atom is 0.366 e. The van der Waals surface area contributed by atoms with Gasteiger partial charge < -0.3 is 4.74 Å². The number of carbonyl (C=O) groups excluding carboxylic acids is 2. The zero-order chi connectivity index (χ0) is 10.5. The number of hydrogen-bond donors (Lipinski definition) is 0. The molecule has 13 heavy (non-hydrogen) atoms. The standard InChI is InChI=1S/C7H9Cl3O3/c1-2-3-4-5(11)13-6(12)7(8,9)10/h2-4H2,1H3. The predicted molar refractivity (Wildman–Crippen MR) is 50.9 cm³/mol. The van der Waals surface area contributed by atoms with E-state index in [9.17, 15) is 9.59 Å². The van der Waals surface area contributed by atoms with Crippen LogP contribution in [-0.4, -0.2) is 15.7 Å². The Hall–Kier alpha value is 0.01000. The minimum Gasteiger partial charge on any atom is -0.390 e. The van der Waals surface area contributed by atoms with Gasteiger partial charge in [-0.2, -0.15) is 0 Å². The molecule has 0 saturated carbocycles. The summed E-state index contributed by atoms with van der Waals surface area (Å²) in [5.41, 5.74) is 0. The van der Waals surface area contributed by atoms with Gasteiger partial charge in [-0.3, -0.25) is 4.79 Å². The van der Waals surface area contributed by atoms with Gasteiger partial charge in [-0.1, -0.05) is 48.1 Å². The minimum absolute atomic E-state index is 0.156. The van der Waals surface area contributed by atoms with Crippen molar-refractivity contribution in [3.8, 4) is 0 Å². The first kappa shape index (κ1) is 13.0. The summed E-state index contributed by atoms with van der Waals surface area (Å²) in [4.78, 5) is 21.6. The highest BCUT2D eigenvalue weighted by Crippen LogP contribution is 2.27. The summed E-state index contributed by atoms with van der Waals surface area (Å²) < 4.78 is 2.06. The summed E-state index contributed by atoms with van der Waals surface area (Å²) in [5, 5.41) is 0. The van der Waals surface area contributed by atoms with Gasteiger partial charge in [0.1, 0.15) is 0 Å². The van der Waals surface area contributed by atoms with E-state index in [1.807, 2.05) is 6.92 Å². The molecule has 3 nitrogen and oxygen atoms in total. The van der Waals surface area contributed by atoms with Gasteiger partial charge in [0, 0.05) is 6.42 Å². The molecule has 0 aliphatic heterocycles. The van der Waals surface area contributed by atoms with E-state index in [2.05, 4.69) is 4.74 Å². The molecule has 0 aromatic heterocycles. The molecule has 0 aromatic rings. The van der Waals surface area contributed by atoms with Gasteiger partial charge >= 0.3 is 11.9 Å². The Morgan fingerprint density at radius 2 is 1.85 bits per heavy atom. The minimum atomic E-state index is -2.18. The molecule has 6 heteroatoms. The largest absolute Gasteiger partial charge is 0.390 e. The summed E-state index contributed by atoms with van der Waals surface area (Å²) >= 11 is 15.5. The van der Waals surface area contributed by atoms with Gasteiger partial charge in [-0.05, 0) is 6.42 Å². The lowest BCUT2D eigenvalue weighted by Crippen LogP contribution is -2.24. The number of rotatable bonds is 3. The van der Waals surface area contributed by atoms with Crippen LogP contribution in [0.4, 0.5) is 0 Å². The van der Waals surface area contributed by atoms with E-state index in [-0.39, 0.29) is 6.42 Å². The van der Waals surface area contributed by atoms with Crippen LogP contribution in [0.5, 0.6) is 0 Å². The normalized spacial score (nSPS) is 11.1. The van der Waals surface area contributed by atoms with E-state index in [0.29, 0.717) is 6.42 Å². The molecule has 0 aliphatic carbocycles. The fourth-order valence-corrected chi connectivity index (χ4v) is 0.649. The molecule has 0 aromatic carbocycles. The number of ether oxygens (including phenoxy) is 1. The van der Waals surface area contributed by atoms with Gasteiger partial charge in [0.25, 0.3) is 3.79 Å². The van der Waals surface area contributed by atoms with E-state index in [0.717, 1.165) is 6.42 Å². The molecule has 0 saturated heterocycles. The number of halogens is 3. The molecule has 0 radical (unpaired) electrons. The van der Waals surface area contributed by atoms with Crippen LogP contribution >= 0.6 is 34.8 Å². The zero-order valence-electron chi connectivity index (χ0n) is 6.98. The fraction of sp³-hybridized carbons (Fsp3) is 0.714. The Bertz CT molecular complexity index is 198. The van der Waals surface area contributed by atoms with E-state index >= 15 is 0 Å². The number of alkyl halides is 3. The number of esters is 2. The van der Waals surface area contributed by atoms with Crippen LogP contribution in [0.3, 0.4) is 0 Å². The molecule has 76 valence electrons. The molecule has 0 amide bonds. The third kappa shape index (κ3) is 6.13. The van der Waals surface area contributed by atoms with E-state index in [1.165, 1.54) is 0 Å². The molecule has 0 aliphatic rings. The lowest BCUT2D eigenvalue weighted by Gasteiger charge is -2.08. The number of carbonyl (C=O) groups is 2. The van der Waals surface area contributed by atoms with Crippen molar-refractivity contribution in [1.82, 2.24) is 0 Å². The van der Waals surface area contributed by atoms with E-state index in [1.54, 1.807) is 0 Å². The molecule has 0 unspecified atom stereocenters. The van der Waals surface area contributed by atoms with Crippen LogP contribution < -0.4 is 0 Å². The number of hydrogen-bond acceptors (Lipinski definition) is 3. The van der Waals surface area contributed by atoms with Crippen molar-refractivity contribution < 1.29 is 14.3 Å². The van der Waals surface area contributed by atoms with Crippen molar-refractivity contribution in [3.05, 3.63) is 0 Å². The molecule has 0 heterocycles. The topological polar surface area (TPSA) is 43.4 Å². The second kappa shape index (κ2) is 5.68. The summed E-state index contributed by atoms with van der Waals surface area (Å²) in [6, 6.07) is 0. The highest BCUT2D eigenvalue weighted by molar-refractivity contribution is 6.75. The van der Waals surface area contributed by atoms with Crippen molar-refractivity contribution in [1.29, 1.82) is 0 Å². The maximum absolute atomic E-state index is 10.8. The van der Waals surface area contributed by atoms with Gasteiger partial charge in [-0.25, -0.2) is 4.79 Å². The molecule has 0 N–H and O–H groups in total. The molecule has 0 rings (SSSR count). The Morgan fingerprint density at radius 1 is 1.31 bits per heavy atom. The van der Waals surface area contributed by atoms with Crippen molar-refractivity contribution >= 4 is 46.7 Å². The Morgan fingerprint density at radius 3 is 2.23 bits per heavy atom. The van der Waals surface area contributed by atoms with Crippen LogP contribution in [0.25, 0.3) is 0 Å². The third-order valence-electron chi connectivity index (χ3n) is 1.17. The SMILES string of the molecule is CCCCC(=O)OC(=O)C(Cl)(Cl)Cl. The Labute approximate surface area is 91.3 Å². The lowest BCUT2D eigenvalue weighted by atomic mass is 10.2. The van der Waals surface area contributed by atoms with Crippen molar-refractivity contribution in [2.75, 3.05) is 0 Å². The molecule has 0 bridgehead atoms. The Kier molecular flexibility index (Phi) is 5.68. The summed E-state index contributed by atoms with van der Waals surface area (Å²) in [6.07, 6.45) is 1.63. The summed E-state index contributed by atoms with van der Waals surface area (Å²) in [7, 11) is 0. The highest BCUT2D eigenvalue weighted by atomic mass is 35.6. The maximum atomic E-state index is 10.8. The quantitative estimate of drug-likeness (QED) is 0.437. The Balaban J connectivity index is 3.86. The van der Waals surface area contributed by atoms with E-state index in [4.69, 9.17) is 34.8 Å². The first-order chi connectivity index (χ1) is 5.88. The van der Waals surface area contributed by atoms with Crippen LogP contribution in [0, 0.1) is 0 Å². The molecular weight excluding hydrogens is 238 g/mol. The van der Waals surface area contributed by atoms with Gasteiger partial charge in [0.15, 0.2) is 0 Å². The number of unbranched alkanes of at least 4 members (excludes halogenated alkanes) is 1.